The number of rotatable bonds is 1. The van der Waals surface area contributed by atoms with Crippen molar-refractivity contribution in [3.63, 3.8) is 0 Å². The lowest BCUT2D eigenvalue weighted by molar-refractivity contribution is 0.0635. The summed E-state index contributed by atoms with van der Waals surface area (Å²) >= 11 is 0. The van der Waals surface area contributed by atoms with Gasteiger partial charge in [0.15, 0.2) is 0 Å². The Morgan fingerprint density at radius 3 is 2.16 bits per heavy atom. The second kappa shape index (κ2) is 5.11. The molecular weight excluding hydrogens is 242 g/mol. The zero-order valence-electron chi connectivity index (χ0n) is 12.5. The van der Waals surface area contributed by atoms with Crippen LogP contribution >= 0.6 is 0 Å². The first-order valence-corrected chi connectivity index (χ1v) is 6.32. The lowest BCUT2D eigenvalue weighted by Crippen LogP contribution is -2.27. The Labute approximate surface area is 114 Å². The van der Waals surface area contributed by atoms with Crippen LogP contribution in [0.5, 0.6) is 5.75 Å². The molecule has 2 N–H and O–H groups in total. The Balaban J connectivity index is 2.84. The standard InChI is InChI=1S/C15H23NO3/c1-14(2,3)10-7-8-11(12(17)9-10)16-13(18)19-15(4,5)6/h7-9,17H,1-6H3,(H,16,18). The fourth-order valence-electron chi connectivity index (χ4n) is 1.52. The van der Waals surface area contributed by atoms with Gasteiger partial charge in [-0.25, -0.2) is 4.79 Å². The van der Waals surface area contributed by atoms with E-state index in [9.17, 15) is 9.90 Å². The van der Waals surface area contributed by atoms with Crippen LogP contribution in [0.1, 0.15) is 47.1 Å². The summed E-state index contributed by atoms with van der Waals surface area (Å²) in [6.45, 7) is 11.5. The van der Waals surface area contributed by atoms with E-state index in [0.29, 0.717) is 5.69 Å². The molecule has 0 spiro atoms. The van der Waals surface area contributed by atoms with E-state index < -0.39 is 11.7 Å². The highest BCUT2D eigenvalue weighted by atomic mass is 16.6. The smallest absolute Gasteiger partial charge is 0.412 e. The van der Waals surface area contributed by atoms with Crippen molar-refractivity contribution in [1.29, 1.82) is 0 Å². The fourth-order valence-corrected chi connectivity index (χ4v) is 1.52. The highest BCUT2D eigenvalue weighted by Crippen LogP contribution is 2.30. The minimum absolute atomic E-state index is 0.0401. The molecule has 0 heterocycles. The van der Waals surface area contributed by atoms with Gasteiger partial charge in [0.25, 0.3) is 0 Å². The second-order valence-corrected chi connectivity index (χ2v) is 6.61. The molecule has 0 radical (unpaired) electrons. The maximum atomic E-state index is 11.6. The van der Waals surface area contributed by atoms with Crippen LogP contribution in [-0.4, -0.2) is 16.8 Å². The second-order valence-electron chi connectivity index (χ2n) is 6.61. The summed E-state index contributed by atoms with van der Waals surface area (Å²) in [5.41, 5.74) is 0.731. The summed E-state index contributed by atoms with van der Waals surface area (Å²) in [7, 11) is 0. The third-order valence-electron chi connectivity index (χ3n) is 2.50. The van der Waals surface area contributed by atoms with Crippen LogP contribution in [0, 0.1) is 0 Å². The topological polar surface area (TPSA) is 58.6 Å². The molecule has 19 heavy (non-hydrogen) atoms. The van der Waals surface area contributed by atoms with Gasteiger partial charge in [0.1, 0.15) is 11.4 Å². The molecule has 0 aliphatic carbocycles. The Bertz CT molecular complexity index is 467. The van der Waals surface area contributed by atoms with E-state index in [0.717, 1.165) is 5.56 Å². The van der Waals surface area contributed by atoms with Gasteiger partial charge in [-0.15, -0.1) is 0 Å². The summed E-state index contributed by atoms with van der Waals surface area (Å²) in [4.78, 5) is 11.6. The fraction of sp³-hybridized carbons (Fsp3) is 0.533. The average molecular weight is 265 g/mol. The number of nitrogens with one attached hydrogen (secondary N) is 1. The predicted octanol–water partition coefficient (Wildman–Crippen LogP) is 4.04. The molecule has 0 bridgehead atoms. The van der Waals surface area contributed by atoms with Gasteiger partial charge >= 0.3 is 6.09 Å². The van der Waals surface area contributed by atoms with Gasteiger partial charge in [0.05, 0.1) is 5.69 Å². The van der Waals surface area contributed by atoms with Crippen molar-refractivity contribution < 1.29 is 14.6 Å². The molecule has 0 aliphatic rings. The van der Waals surface area contributed by atoms with Crippen molar-refractivity contribution >= 4 is 11.8 Å². The number of anilines is 1. The molecular formula is C15H23NO3. The van der Waals surface area contributed by atoms with Crippen LogP contribution in [-0.2, 0) is 10.2 Å². The lowest BCUT2D eigenvalue weighted by Gasteiger charge is -2.21. The first-order chi connectivity index (χ1) is 8.49. The molecule has 1 aromatic rings. The number of carbonyl (C=O) groups excluding carboxylic acids is 1. The minimum atomic E-state index is -0.577. The number of phenols is 1. The van der Waals surface area contributed by atoms with Gasteiger partial charge in [0, 0.05) is 0 Å². The van der Waals surface area contributed by atoms with Gasteiger partial charge in [-0.05, 0) is 43.9 Å². The third kappa shape index (κ3) is 4.81. The zero-order chi connectivity index (χ0) is 14.8. The maximum absolute atomic E-state index is 11.6. The third-order valence-corrected chi connectivity index (χ3v) is 2.50. The predicted molar refractivity (Wildman–Crippen MR) is 76.7 cm³/mol. The molecule has 0 saturated heterocycles. The van der Waals surface area contributed by atoms with E-state index in [-0.39, 0.29) is 11.2 Å². The average Bonchev–Trinajstić information content (AvgIpc) is 2.16. The number of aromatic hydroxyl groups is 1. The minimum Gasteiger partial charge on any atom is -0.506 e. The number of hydrogen-bond acceptors (Lipinski definition) is 3. The van der Waals surface area contributed by atoms with Crippen molar-refractivity contribution in [2.24, 2.45) is 0 Å². The van der Waals surface area contributed by atoms with Crippen molar-refractivity contribution in [2.75, 3.05) is 5.32 Å². The van der Waals surface area contributed by atoms with Crippen molar-refractivity contribution in [2.45, 2.75) is 52.6 Å². The molecule has 0 saturated carbocycles. The quantitative estimate of drug-likeness (QED) is 0.753. The van der Waals surface area contributed by atoms with Crippen LogP contribution in [0.2, 0.25) is 0 Å². The number of hydrogen-bond donors (Lipinski definition) is 2. The summed E-state index contributed by atoms with van der Waals surface area (Å²) in [5, 5.41) is 12.5. The summed E-state index contributed by atoms with van der Waals surface area (Å²) in [6, 6.07) is 5.22. The molecule has 0 unspecified atom stereocenters. The summed E-state index contributed by atoms with van der Waals surface area (Å²) in [5.74, 6) is 0.0401. The van der Waals surface area contributed by atoms with E-state index in [4.69, 9.17) is 4.74 Å². The van der Waals surface area contributed by atoms with Gasteiger partial charge in [0.2, 0.25) is 0 Å². The monoisotopic (exact) mass is 265 g/mol. The molecule has 4 nitrogen and oxygen atoms in total. The van der Waals surface area contributed by atoms with Gasteiger partial charge in [-0.3, -0.25) is 5.32 Å². The Morgan fingerprint density at radius 2 is 1.74 bits per heavy atom. The molecule has 1 amide bonds. The van der Waals surface area contributed by atoms with Crippen LogP contribution in [0.25, 0.3) is 0 Å². The van der Waals surface area contributed by atoms with E-state index in [2.05, 4.69) is 26.1 Å². The summed E-state index contributed by atoms with van der Waals surface area (Å²) in [6.07, 6.45) is -0.577. The normalized spacial score (nSPS) is 12.1. The molecule has 0 atom stereocenters. The highest BCUT2D eigenvalue weighted by Gasteiger charge is 2.19. The number of ether oxygens (including phenoxy) is 1. The van der Waals surface area contributed by atoms with Crippen molar-refractivity contribution in [3.8, 4) is 5.75 Å². The summed E-state index contributed by atoms with van der Waals surface area (Å²) < 4.78 is 5.13. The Kier molecular flexibility index (Phi) is 4.13. The van der Waals surface area contributed by atoms with Crippen LogP contribution in [0.15, 0.2) is 18.2 Å². The van der Waals surface area contributed by atoms with Gasteiger partial charge in [-0.2, -0.15) is 0 Å². The first kappa shape index (κ1) is 15.3. The molecule has 0 fully saturated rings. The Hall–Kier alpha value is -1.71. The first-order valence-electron chi connectivity index (χ1n) is 6.32. The van der Waals surface area contributed by atoms with Crippen molar-refractivity contribution in [1.82, 2.24) is 0 Å². The number of carbonyl (C=O) groups is 1. The molecule has 0 aliphatic heterocycles. The van der Waals surface area contributed by atoms with E-state index in [1.165, 1.54) is 0 Å². The molecule has 1 aromatic carbocycles. The maximum Gasteiger partial charge on any atom is 0.412 e. The largest absolute Gasteiger partial charge is 0.506 e. The molecule has 0 aromatic heterocycles. The van der Waals surface area contributed by atoms with Crippen molar-refractivity contribution in [3.05, 3.63) is 23.8 Å². The number of benzene rings is 1. The van der Waals surface area contributed by atoms with Gasteiger partial charge < -0.3 is 9.84 Å². The van der Waals surface area contributed by atoms with Gasteiger partial charge in [-0.1, -0.05) is 26.8 Å². The number of amides is 1. The van der Waals surface area contributed by atoms with E-state index in [1.807, 2.05) is 6.07 Å². The molecule has 4 heteroatoms. The Morgan fingerprint density at radius 1 is 1.16 bits per heavy atom. The molecule has 1 rings (SSSR count). The van der Waals surface area contributed by atoms with Crippen LogP contribution < -0.4 is 5.32 Å². The number of phenolic OH excluding ortho intramolecular Hbond substituents is 1. The van der Waals surface area contributed by atoms with Crippen LogP contribution in [0.3, 0.4) is 0 Å². The molecule has 106 valence electrons. The van der Waals surface area contributed by atoms with Crippen LogP contribution in [0.4, 0.5) is 10.5 Å². The van der Waals surface area contributed by atoms with E-state index >= 15 is 0 Å². The lowest BCUT2D eigenvalue weighted by atomic mass is 9.87. The highest BCUT2D eigenvalue weighted by molar-refractivity contribution is 5.86. The zero-order valence-corrected chi connectivity index (χ0v) is 12.5. The SMILES string of the molecule is CC(C)(C)OC(=O)Nc1ccc(C(C)(C)C)cc1O. The van der Waals surface area contributed by atoms with E-state index in [1.54, 1.807) is 32.9 Å².